The molecule has 18 heavy (non-hydrogen) atoms. The van der Waals surface area contributed by atoms with E-state index in [1.165, 1.54) is 12.4 Å². The van der Waals surface area contributed by atoms with Gasteiger partial charge in [-0.25, -0.2) is 9.97 Å². The highest BCUT2D eigenvalue weighted by Crippen LogP contribution is 2.16. The fraction of sp³-hybridized carbons (Fsp3) is 0.0833. The Morgan fingerprint density at radius 2 is 2.00 bits per heavy atom. The third kappa shape index (κ3) is 2.97. The van der Waals surface area contributed by atoms with Gasteiger partial charge in [0.2, 0.25) is 0 Å². The van der Waals surface area contributed by atoms with Crippen LogP contribution in [0.1, 0.15) is 16.1 Å². The molecule has 1 N–H and O–H groups in total. The second-order valence-electron chi connectivity index (χ2n) is 3.65. The Kier molecular flexibility index (Phi) is 3.79. The Morgan fingerprint density at radius 1 is 1.22 bits per heavy atom. The zero-order chi connectivity index (χ0) is 13.1. The number of halogens is 2. The Morgan fingerprint density at radius 3 is 2.61 bits per heavy atom. The van der Waals surface area contributed by atoms with E-state index in [-0.39, 0.29) is 11.6 Å². The van der Waals surface area contributed by atoms with Gasteiger partial charge in [-0.2, -0.15) is 0 Å². The van der Waals surface area contributed by atoms with E-state index in [2.05, 4.69) is 15.3 Å². The highest BCUT2D eigenvalue weighted by molar-refractivity contribution is 6.30. The number of nitrogens with zero attached hydrogens (tertiary/aromatic N) is 2. The van der Waals surface area contributed by atoms with Gasteiger partial charge in [-0.05, 0) is 30.7 Å². The number of rotatable bonds is 2. The van der Waals surface area contributed by atoms with Crippen LogP contribution in [0.25, 0.3) is 0 Å². The summed E-state index contributed by atoms with van der Waals surface area (Å²) in [4.78, 5) is 19.7. The molecule has 4 nitrogen and oxygen atoms in total. The summed E-state index contributed by atoms with van der Waals surface area (Å²) in [6, 6.07) is 4.89. The van der Waals surface area contributed by atoms with Crippen LogP contribution in [0, 0.1) is 6.92 Å². The van der Waals surface area contributed by atoms with Crippen molar-refractivity contribution < 1.29 is 4.79 Å². The minimum Gasteiger partial charge on any atom is -0.319 e. The zero-order valence-corrected chi connectivity index (χ0v) is 11.0. The molecule has 1 amide bonds. The molecule has 0 aliphatic heterocycles. The number of hydrogen-bond donors (Lipinski definition) is 1. The normalized spacial score (nSPS) is 10.2. The van der Waals surface area contributed by atoms with Gasteiger partial charge in [0.05, 0.1) is 16.9 Å². The van der Waals surface area contributed by atoms with Gasteiger partial charge in [0, 0.05) is 6.20 Å². The average molecular weight is 282 g/mol. The summed E-state index contributed by atoms with van der Waals surface area (Å²) in [6.45, 7) is 1.81. The number of pyridine rings is 2. The van der Waals surface area contributed by atoms with Gasteiger partial charge in [0.25, 0.3) is 5.91 Å². The van der Waals surface area contributed by atoms with E-state index in [9.17, 15) is 4.79 Å². The van der Waals surface area contributed by atoms with Crippen molar-refractivity contribution in [3.8, 4) is 0 Å². The monoisotopic (exact) mass is 281 g/mol. The van der Waals surface area contributed by atoms with Crippen LogP contribution in [0.3, 0.4) is 0 Å². The van der Waals surface area contributed by atoms with Crippen LogP contribution >= 0.6 is 23.2 Å². The van der Waals surface area contributed by atoms with Crippen LogP contribution in [0.2, 0.25) is 10.2 Å². The van der Waals surface area contributed by atoms with Crippen LogP contribution in [-0.4, -0.2) is 15.9 Å². The van der Waals surface area contributed by atoms with Crippen molar-refractivity contribution in [2.75, 3.05) is 5.32 Å². The molecule has 0 saturated carbocycles. The smallest absolute Gasteiger partial charge is 0.274 e. The first-order chi connectivity index (χ1) is 8.56. The quantitative estimate of drug-likeness (QED) is 0.859. The van der Waals surface area contributed by atoms with E-state index in [1.807, 2.05) is 6.92 Å². The van der Waals surface area contributed by atoms with Crippen molar-refractivity contribution in [1.82, 2.24) is 9.97 Å². The van der Waals surface area contributed by atoms with Crippen molar-refractivity contribution in [1.29, 1.82) is 0 Å². The highest BCUT2D eigenvalue weighted by Gasteiger charge is 2.08. The van der Waals surface area contributed by atoms with Crippen molar-refractivity contribution in [2.24, 2.45) is 0 Å². The topological polar surface area (TPSA) is 54.9 Å². The molecule has 2 heterocycles. The second-order valence-corrected chi connectivity index (χ2v) is 4.44. The molecule has 0 spiro atoms. The Labute approximate surface area is 114 Å². The van der Waals surface area contributed by atoms with Gasteiger partial charge in [-0.3, -0.25) is 4.79 Å². The SMILES string of the molecule is Cc1cc(NC(=O)c2ccc(Cl)cn2)cnc1Cl. The molecular formula is C12H9Cl2N3O. The molecule has 0 aromatic carbocycles. The first-order valence-corrected chi connectivity index (χ1v) is 5.87. The Hall–Kier alpha value is -1.65. The number of aryl methyl sites for hydroxylation is 1. The first kappa shape index (κ1) is 12.8. The Balaban J connectivity index is 2.16. The summed E-state index contributed by atoms with van der Waals surface area (Å²) in [7, 11) is 0. The molecule has 2 aromatic heterocycles. The fourth-order valence-electron chi connectivity index (χ4n) is 1.33. The van der Waals surface area contributed by atoms with Gasteiger partial charge in [-0.1, -0.05) is 23.2 Å². The van der Waals surface area contributed by atoms with E-state index in [0.29, 0.717) is 15.9 Å². The van der Waals surface area contributed by atoms with E-state index in [1.54, 1.807) is 18.2 Å². The zero-order valence-electron chi connectivity index (χ0n) is 9.45. The van der Waals surface area contributed by atoms with Crippen LogP contribution in [0.5, 0.6) is 0 Å². The van der Waals surface area contributed by atoms with Gasteiger partial charge in [0.15, 0.2) is 0 Å². The third-order valence-corrected chi connectivity index (χ3v) is 2.85. The number of anilines is 1. The maximum Gasteiger partial charge on any atom is 0.274 e. The minimum absolute atomic E-state index is 0.284. The molecule has 92 valence electrons. The lowest BCUT2D eigenvalue weighted by Crippen LogP contribution is -2.13. The van der Waals surface area contributed by atoms with Crippen LogP contribution in [-0.2, 0) is 0 Å². The summed E-state index contributed by atoms with van der Waals surface area (Å²) in [5.41, 5.74) is 1.64. The average Bonchev–Trinajstić information content (AvgIpc) is 2.34. The lowest BCUT2D eigenvalue weighted by Gasteiger charge is -2.05. The van der Waals surface area contributed by atoms with Crippen LogP contribution in [0.4, 0.5) is 5.69 Å². The van der Waals surface area contributed by atoms with E-state index in [0.717, 1.165) is 5.56 Å². The summed E-state index contributed by atoms with van der Waals surface area (Å²) in [5, 5.41) is 3.58. The predicted octanol–water partition coefficient (Wildman–Crippen LogP) is 3.34. The van der Waals surface area contributed by atoms with Gasteiger partial charge in [-0.15, -0.1) is 0 Å². The molecular weight excluding hydrogens is 273 g/mol. The summed E-state index contributed by atoms with van der Waals surface area (Å²) >= 11 is 11.5. The molecule has 2 rings (SSSR count). The van der Waals surface area contributed by atoms with Crippen molar-refractivity contribution in [3.05, 3.63) is 52.0 Å². The molecule has 0 bridgehead atoms. The van der Waals surface area contributed by atoms with Gasteiger partial charge >= 0.3 is 0 Å². The standard InChI is InChI=1S/C12H9Cl2N3O/c1-7-4-9(6-16-11(7)14)17-12(18)10-3-2-8(13)5-15-10/h2-6H,1H3,(H,17,18). The number of carbonyl (C=O) groups is 1. The summed E-state index contributed by atoms with van der Waals surface area (Å²) < 4.78 is 0. The lowest BCUT2D eigenvalue weighted by molar-refractivity contribution is 0.102. The molecule has 0 unspecified atom stereocenters. The number of carbonyl (C=O) groups excluding carboxylic acids is 1. The van der Waals surface area contributed by atoms with Gasteiger partial charge < -0.3 is 5.32 Å². The van der Waals surface area contributed by atoms with Crippen molar-refractivity contribution in [2.45, 2.75) is 6.92 Å². The minimum atomic E-state index is -0.324. The van der Waals surface area contributed by atoms with Gasteiger partial charge in [0.1, 0.15) is 10.8 Å². The van der Waals surface area contributed by atoms with Crippen LogP contribution in [0.15, 0.2) is 30.6 Å². The fourth-order valence-corrected chi connectivity index (χ4v) is 1.55. The molecule has 0 aliphatic rings. The molecule has 0 atom stereocenters. The lowest BCUT2D eigenvalue weighted by atomic mass is 10.3. The van der Waals surface area contributed by atoms with E-state index < -0.39 is 0 Å². The van der Waals surface area contributed by atoms with Crippen molar-refractivity contribution in [3.63, 3.8) is 0 Å². The maximum atomic E-state index is 11.8. The predicted molar refractivity (Wildman–Crippen MR) is 71.2 cm³/mol. The summed E-state index contributed by atoms with van der Waals surface area (Å²) in [6.07, 6.45) is 2.91. The molecule has 0 fully saturated rings. The third-order valence-electron chi connectivity index (χ3n) is 2.23. The Bertz CT molecular complexity index is 584. The molecule has 6 heteroatoms. The molecule has 0 aliphatic carbocycles. The molecule has 0 radical (unpaired) electrons. The number of hydrogen-bond acceptors (Lipinski definition) is 3. The number of aromatic nitrogens is 2. The largest absolute Gasteiger partial charge is 0.319 e. The van der Waals surface area contributed by atoms with E-state index in [4.69, 9.17) is 23.2 Å². The number of amides is 1. The first-order valence-electron chi connectivity index (χ1n) is 5.11. The van der Waals surface area contributed by atoms with Crippen LogP contribution < -0.4 is 5.32 Å². The maximum absolute atomic E-state index is 11.8. The van der Waals surface area contributed by atoms with E-state index >= 15 is 0 Å². The molecule has 2 aromatic rings. The summed E-state index contributed by atoms with van der Waals surface area (Å²) in [5.74, 6) is -0.324. The number of nitrogens with one attached hydrogen (secondary N) is 1. The second kappa shape index (κ2) is 5.33. The van der Waals surface area contributed by atoms with Crippen molar-refractivity contribution >= 4 is 34.8 Å². The highest BCUT2D eigenvalue weighted by atomic mass is 35.5. The molecule has 0 saturated heterocycles.